The van der Waals surface area contributed by atoms with Crippen LogP contribution in [0.25, 0.3) is 0 Å². The van der Waals surface area contributed by atoms with Crippen molar-refractivity contribution in [2.75, 3.05) is 61.9 Å². The van der Waals surface area contributed by atoms with Crippen LogP contribution in [0.15, 0.2) is 91.0 Å². The number of quaternary nitrogens is 3. The smallest absolute Gasteiger partial charge is 0.0766 e. The first-order valence-electron chi connectivity index (χ1n) is 29.6. The largest absolute Gasteiger partial charge is 0.907 e. The maximum atomic E-state index is 8.42. The van der Waals surface area contributed by atoms with Crippen LogP contribution >= 0.6 is 0 Å². The molecule has 70 heavy (non-hydrogen) atoms. The molecule has 0 spiro atoms. The Labute approximate surface area is 436 Å². The normalized spacial score (nSPS) is 11.0. The van der Waals surface area contributed by atoms with Gasteiger partial charge in [0, 0.05) is 0 Å². The van der Waals surface area contributed by atoms with Crippen molar-refractivity contribution in [1.82, 2.24) is 0 Å². The van der Waals surface area contributed by atoms with Gasteiger partial charge in [0.25, 0.3) is 0 Å². The number of unbranched alkanes of at least 4 members (excludes halogenated alkanes) is 30. The molecule has 0 unspecified atom stereocenters. The molecule has 3 N–H and O–H groups in total. The van der Waals surface area contributed by atoms with Crippen LogP contribution in [-0.2, 0) is 19.3 Å². The Balaban J connectivity index is 0.000000980. The first-order chi connectivity index (χ1) is 34.1. The second-order valence-corrected chi connectivity index (χ2v) is 21.5. The molecule has 0 aliphatic rings. The van der Waals surface area contributed by atoms with Gasteiger partial charge < -0.3 is 29.8 Å². The van der Waals surface area contributed by atoms with E-state index >= 15 is 0 Å². The summed E-state index contributed by atoms with van der Waals surface area (Å²) in [5.41, 5.74) is 4.50. The third-order valence-corrected chi connectivity index (χ3v) is 13.5. The maximum absolute atomic E-state index is 8.42. The van der Waals surface area contributed by atoms with Crippen molar-refractivity contribution < 1.29 is 29.8 Å². The molecule has 6 nitrogen and oxygen atoms in total. The fourth-order valence-corrected chi connectivity index (χ4v) is 9.13. The van der Waals surface area contributed by atoms with E-state index in [1.807, 2.05) is 0 Å². The van der Waals surface area contributed by atoms with E-state index in [4.69, 9.17) is 15.1 Å². The molecule has 3 aromatic rings. The lowest BCUT2D eigenvalue weighted by Crippen LogP contribution is -3.05. The van der Waals surface area contributed by atoms with Crippen molar-refractivity contribution in [1.29, 1.82) is 0 Å². The zero-order valence-corrected chi connectivity index (χ0v) is 47.0. The van der Waals surface area contributed by atoms with Crippen molar-refractivity contribution in [3.05, 3.63) is 108 Å². The van der Waals surface area contributed by atoms with Gasteiger partial charge in [-0.3, -0.25) is 7.32 Å². The van der Waals surface area contributed by atoms with Gasteiger partial charge in [0.2, 0.25) is 0 Å². The minimum Gasteiger partial charge on any atom is -0.907 e. The van der Waals surface area contributed by atoms with Crippen LogP contribution in [0.5, 0.6) is 0 Å². The average Bonchev–Trinajstić information content (AvgIpc) is 3.34. The summed E-state index contributed by atoms with van der Waals surface area (Å²) in [4.78, 5) is 4.77. The molecule has 0 atom stereocenters. The van der Waals surface area contributed by atoms with Crippen molar-refractivity contribution in [2.24, 2.45) is 0 Å². The predicted molar refractivity (Wildman–Crippen MR) is 302 cm³/mol. The number of hydrogen-bond acceptors (Lipinski definition) is 3. The fraction of sp³-hybridized carbons (Fsp3) is 0.714. The van der Waals surface area contributed by atoms with E-state index in [2.05, 4.69) is 133 Å². The van der Waals surface area contributed by atoms with E-state index in [1.54, 1.807) is 14.7 Å². The number of hydrogen-bond donors (Lipinski definition) is 3. The van der Waals surface area contributed by atoms with Crippen molar-refractivity contribution in [2.45, 2.75) is 231 Å². The SMILES string of the molecule is C[NH+](C)CCCCCCCCCCCCCc1ccccc1.C[NH+](C)CCCCCCCCCCCCCc1ccccc1.C[NH+](C)CCCCCCCCCCCCCc1ccccc1.[O-]B([O-])[O-]. The Hall–Kier alpha value is -2.52. The summed E-state index contributed by atoms with van der Waals surface area (Å²) in [5, 5.41) is 25.2. The van der Waals surface area contributed by atoms with E-state index in [9.17, 15) is 0 Å². The molecule has 0 radical (unpaired) electrons. The first-order valence-corrected chi connectivity index (χ1v) is 29.6. The Kier molecular flexibility index (Phi) is 52.3. The molecule has 0 aliphatic carbocycles. The fourth-order valence-electron chi connectivity index (χ4n) is 9.13. The van der Waals surface area contributed by atoms with Crippen LogP contribution in [0, 0.1) is 0 Å². The average molecular weight is 972 g/mol. The van der Waals surface area contributed by atoms with Gasteiger partial charge in [0.15, 0.2) is 0 Å². The molecule has 0 saturated carbocycles. The Morgan fingerprint density at radius 3 is 0.543 bits per heavy atom. The Morgan fingerprint density at radius 1 is 0.243 bits per heavy atom. The topological polar surface area (TPSA) is 82.5 Å². The molecule has 0 heterocycles. The van der Waals surface area contributed by atoms with Gasteiger partial charge in [-0.05, 0) is 93.7 Å². The van der Waals surface area contributed by atoms with Crippen LogP contribution in [0.1, 0.15) is 229 Å². The molecule has 0 aliphatic heterocycles. The predicted octanol–water partition coefficient (Wildman–Crippen LogP) is 10.0. The van der Waals surface area contributed by atoms with Crippen LogP contribution in [-0.4, -0.2) is 69.2 Å². The molecule has 0 aromatic heterocycles. The summed E-state index contributed by atoms with van der Waals surface area (Å²) >= 11 is 0. The molecular weight excluding hydrogens is 858 g/mol. The van der Waals surface area contributed by atoms with Crippen LogP contribution in [0.4, 0.5) is 0 Å². The second-order valence-electron chi connectivity index (χ2n) is 21.5. The number of aryl methyl sites for hydroxylation is 3. The van der Waals surface area contributed by atoms with E-state index in [0.717, 1.165) is 0 Å². The third kappa shape index (κ3) is 56.4. The molecule has 0 amide bonds. The summed E-state index contributed by atoms with van der Waals surface area (Å²) in [7, 11) is 10.6. The quantitative estimate of drug-likeness (QED) is 0.0391. The number of nitrogens with one attached hydrogen (secondary N) is 3. The molecule has 402 valence electrons. The van der Waals surface area contributed by atoms with E-state index < -0.39 is 7.32 Å². The number of rotatable bonds is 42. The highest BCUT2D eigenvalue weighted by Crippen LogP contribution is 2.16. The lowest BCUT2D eigenvalue weighted by molar-refractivity contribution is -0.858. The van der Waals surface area contributed by atoms with Crippen LogP contribution < -0.4 is 29.8 Å². The summed E-state index contributed by atoms with van der Waals surface area (Å²) in [5.74, 6) is 0. The minimum absolute atomic E-state index is 1.26. The van der Waals surface area contributed by atoms with Crippen LogP contribution in [0.3, 0.4) is 0 Å². The minimum atomic E-state index is -2.92. The Morgan fingerprint density at radius 2 is 0.386 bits per heavy atom. The van der Waals surface area contributed by atoms with Gasteiger partial charge in [-0.15, -0.1) is 0 Å². The molecule has 7 heteroatoms. The van der Waals surface area contributed by atoms with Gasteiger partial charge in [-0.1, -0.05) is 245 Å². The molecule has 0 saturated heterocycles. The summed E-state index contributed by atoms with van der Waals surface area (Å²) in [6.45, 7) is 4.01. The van der Waals surface area contributed by atoms with Crippen molar-refractivity contribution in [3.63, 3.8) is 0 Å². The molecule has 3 rings (SSSR count). The molecular formula is C63H114BN3O3. The monoisotopic (exact) mass is 972 g/mol. The van der Waals surface area contributed by atoms with Gasteiger partial charge in [0.1, 0.15) is 0 Å². The second kappa shape index (κ2) is 54.3. The lowest BCUT2D eigenvalue weighted by atomic mass is 10.0. The lowest BCUT2D eigenvalue weighted by Gasteiger charge is -2.35. The van der Waals surface area contributed by atoms with Crippen molar-refractivity contribution >= 4 is 7.32 Å². The summed E-state index contributed by atoms with van der Waals surface area (Å²) < 4.78 is 0. The highest BCUT2D eigenvalue weighted by Gasteiger charge is 2.00. The molecule has 3 aromatic carbocycles. The van der Waals surface area contributed by atoms with Gasteiger partial charge in [-0.25, -0.2) is 0 Å². The van der Waals surface area contributed by atoms with Gasteiger partial charge in [-0.2, -0.15) is 0 Å². The zero-order chi connectivity index (χ0) is 51.2. The summed E-state index contributed by atoms with van der Waals surface area (Å²) in [6.07, 6.45) is 51.0. The van der Waals surface area contributed by atoms with E-state index in [1.165, 1.54) is 267 Å². The highest BCUT2D eigenvalue weighted by atomic mass is 16.5. The van der Waals surface area contributed by atoms with Gasteiger partial charge >= 0.3 is 0 Å². The molecule has 0 bridgehead atoms. The maximum Gasteiger partial charge on any atom is 0.0766 e. The standard InChI is InChI=1S/3C21H37N.BO3/c3*1-22(2)20-16-11-9-7-5-3-4-6-8-10-13-17-21-18-14-12-15-19-21;2-1(3)4/h3*12,14-15,18-19H,3-11,13,16-17,20H2,1-2H3;/q;;;-3/p+3. The zero-order valence-electron chi connectivity index (χ0n) is 47.0. The van der Waals surface area contributed by atoms with Crippen molar-refractivity contribution in [3.8, 4) is 0 Å². The Bertz CT molecular complexity index is 1230. The molecule has 0 fully saturated rings. The van der Waals surface area contributed by atoms with Gasteiger partial charge in [0.05, 0.1) is 61.9 Å². The highest BCUT2D eigenvalue weighted by molar-refractivity contribution is 6.24. The third-order valence-electron chi connectivity index (χ3n) is 13.5. The van der Waals surface area contributed by atoms with E-state index in [0.29, 0.717) is 0 Å². The number of benzene rings is 3. The summed E-state index contributed by atoms with van der Waals surface area (Å²) in [6, 6.07) is 32.7. The van der Waals surface area contributed by atoms with Crippen LogP contribution in [0.2, 0.25) is 0 Å². The first kappa shape index (κ1) is 67.5. The van der Waals surface area contributed by atoms with E-state index in [-0.39, 0.29) is 0 Å².